The van der Waals surface area contributed by atoms with Gasteiger partial charge < -0.3 is 30.7 Å². The smallest absolute Gasteiger partial charge is 0.407 e. The first-order valence-electron chi connectivity index (χ1n) is 16.8. The quantitative estimate of drug-likeness (QED) is 0.0966. The van der Waals surface area contributed by atoms with Crippen LogP contribution >= 0.6 is 22.7 Å². The minimum Gasteiger partial charge on any atom is -0.444 e. The number of benzene rings is 2. The molecule has 4 N–H and O–H groups in total. The van der Waals surface area contributed by atoms with Crippen LogP contribution in [0.15, 0.2) is 77.8 Å². The molecule has 4 amide bonds. The standard InChI is InChI=1S/C37H45N7O5S2/c1-25(2)35-41-30(23-50-35)21-44(3)36(47)43-33(18-31(45)19-38)34(46)40-28(16-26-10-6-4-7-11-26)14-15-29(17-27-12-8-5-9-13-27)42-37(48)49-22-32-20-39-24-51-32/h4-13,20,23-25,28-29,31,33,45H,14-18,21-22H2,1-3H3,(H,40,46)(H,42,48)(H,43,47)/t28-,29-,31?,33+/m1/s1. The van der Waals surface area contributed by atoms with Gasteiger partial charge in [0.05, 0.1) is 33.7 Å². The van der Waals surface area contributed by atoms with E-state index in [4.69, 9.17) is 4.74 Å². The first kappa shape index (κ1) is 39.0. The van der Waals surface area contributed by atoms with Gasteiger partial charge in [-0.2, -0.15) is 5.26 Å². The fourth-order valence-corrected chi connectivity index (χ4v) is 6.68. The Bertz CT molecular complexity index is 1700. The van der Waals surface area contributed by atoms with Crippen molar-refractivity contribution in [1.82, 2.24) is 30.8 Å². The van der Waals surface area contributed by atoms with E-state index in [2.05, 4.69) is 25.9 Å². The molecule has 0 aliphatic heterocycles. The Morgan fingerprint density at radius 3 is 2.12 bits per heavy atom. The van der Waals surface area contributed by atoms with Crippen LogP contribution in [0, 0.1) is 11.3 Å². The third-order valence-corrected chi connectivity index (χ3v) is 9.99. The number of rotatable bonds is 18. The second-order valence-electron chi connectivity index (χ2n) is 12.6. The molecule has 0 saturated heterocycles. The predicted octanol–water partition coefficient (Wildman–Crippen LogP) is 5.55. The van der Waals surface area contributed by atoms with Gasteiger partial charge in [0.2, 0.25) is 5.91 Å². The number of thiazole rings is 2. The van der Waals surface area contributed by atoms with Crippen molar-refractivity contribution < 1.29 is 24.2 Å². The lowest BCUT2D eigenvalue weighted by molar-refractivity contribution is -0.124. The highest BCUT2D eigenvalue weighted by molar-refractivity contribution is 7.09. The number of nitrogens with zero attached hydrogens (tertiary/aromatic N) is 4. The average Bonchev–Trinajstić information content (AvgIpc) is 3.83. The number of nitriles is 1. The Labute approximate surface area is 306 Å². The zero-order valence-corrected chi connectivity index (χ0v) is 30.7. The lowest BCUT2D eigenvalue weighted by Gasteiger charge is -2.27. The molecule has 12 nitrogen and oxygen atoms in total. The van der Waals surface area contributed by atoms with E-state index in [1.165, 1.54) is 27.6 Å². The molecule has 0 radical (unpaired) electrons. The Kier molecular flexibility index (Phi) is 15.4. The number of amides is 4. The number of aliphatic hydroxyl groups excluding tert-OH is 1. The van der Waals surface area contributed by atoms with Gasteiger partial charge in [-0.15, -0.1) is 22.7 Å². The first-order chi connectivity index (χ1) is 24.6. The zero-order chi connectivity index (χ0) is 36.6. The van der Waals surface area contributed by atoms with Gasteiger partial charge in [0.15, 0.2) is 0 Å². The fraction of sp³-hybridized carbons (Fsp3) is 0.405. The number of urea groups is 1. The highest BCUT2D eigenvalue weighted by atomic mass is 32.1. The molecule has 0 saturated carbocycles. The number of aliphatic hydroxyl groups is 1. The molecule has 0 fully saturated rings. The van der Waals surface area contributed by atoms with Gasteiger partial charge in [0.1, 0.15) is 18.8 Å². The Morgan fingerprint density at radius 1 is 0.941 bits per heavy atom. The normalized spacial score (nSPS) is 13.3. The second-order valence-corrected chi connectivity index (χ2v) is 14.5. The van der Waals surface area contributed by atoms with Crippen molar-refractivity contribution in [3.8, 4) is 6.07 Å². The van der Waals surface area contributed by atoms with E-state index in [1.807, 2.05) is 79.9 Å². The molecule has 0 bridgehead atoms. The van der Waals surface area contributed by atoms with Crippen molar-refractivity contribution in [2.75, 3.05) is 7.05 Å². The van der Waals surface area contributed by atoms with Crippen LogP contribution in [0.25, 0.3) is 0 Å². The van der Waals surface area contributed by atoms with Crippen LogP contribution in [0.4, 0.5) is 9.59 Å². The summed E-state index contributed by atoms with van der Waals surface area (Å²) in [6.45, 7) is 4.44. The fourth-order valence-electron chi connectivity index (χ4n) is 5.35. The van der Waals surface area contributed by atoms with Gasteiger partial charge in [0.25, 0.3) is 0 Å². The van der Waals surface area contributed by atoms with E-state index >= 15 is 0 Å². The number of alkyl carbamates (subject to hydrolysis) is 1. The van der Waals surface area contributed by atoms with Crippen molar-refractivity contribution in [2.45, 2.75) is 89.3 Å². The zero-order valence-electron chi connectivity index (χ0n) is 29.0. The average molecular weight is 732 g/mol. The van der Waals surface area contributed by atoms with Gasteiger partial charge in [-0.05, 0) is 36.8 Å². The van der Waals surface area contributed by atoms with Crippen LogP contribution in [0.1, 0.15) is 65.7 Å². The van der Waals surface area contributed by atoms with E-state index in [1.54, 1.807) is 24.8 Å². The minimum atomic E-state index is -1.47. The molecule has 4 rings (SSSR count). The molecule has 51 heavy (non-hydrogen) atoms. The summed E-state index contributed by atoms with van der Waals surface area (Å²) in [5, 5.41) is 31.2. The van der Waals surface area contributed by atoms with Gasteiger partial charge in [-0.3, -0.25) is 9.78 Å². The van der Waals surface area contributed by atoms with Crippen molar-refractivity contribution in [3.05, 3.63) is 104 Å². The van der Waals surface area contributed by atoms with E-state index in [9.17, 15) is 24.8 Å². The van der Waals surface area contributed by atoms with Crippen LogP contribution in [-0.2, 0) is 35.5 Å². The summed E-state index contributed by atoms with van der Waals surface area (Å²) in [6, 6.07) is 18.8. The van der Waals surface area contributed by atoms with Gasteiger partial charge >= 0.3 is 12.1 Å². The SMILES string of the molecule is CC(C)c1nc(CN(C)C(=O)N[C@@H](CC(O)C#N)C(=O)N[C@H](CC[C@H](Cc2ccccc2)NC(=O)OCc2cncs2)Cc2ccccc2)cs1. The second kappa shape index (κ2) is 20.1. The van der Waals surface area contributed by atoms with Gasteiger partial charge in [-0.25, -0.2) is 14.6 Å². The van der Waals surface area contributed by atoms with Crippen LogP contribution in [0.5, 0.6) is 0 Å². The molecule has 2 aromatic heterocycles. The summed E-state index contributed by atoms with van der Waals surface area (Å²) in [5.41, 5.74) is 4.43. The first-order valence-corrected chi connectivity index (χ1v) is 18.6. The monoisotopic (exact) mass is 731 g/mol. The van der Waals surface area contributed by atoms with Crippen LogP contribution in [0.2, 0.25) is 0 Å². The Hall–Kier alpha value is -4.84. The predicted molar refractivity (Wildman–Crippen MR) is 197 cm³/mol. The number of carbonyl (C=O) groups is 3. The van der Waals surface area contributed by atoms with Crippen LogP contribution in [0.3, 0.4) is 0 Å². The Balaban J connectivity index is 1.46. The summed E-state index contributed by atoms with van der Waals surface area (Å²) in [6.07, 6.45) is 1.32. The third-order valence-electron chi connectivity index (χ3n) is 8.04. The maximum Gasteiger partial charge on any atom is 0.407 e. The molecule has 2 heterocycles. The van der Waals surface area contributed by atoms with Crippen LogP contribution in [-0.4, -0.2) is 69.3 Å². The van der Waals surface area contributed by atoms with Gasteiger partial charge in [0, 0.05) is 43.0 Å². The van der Waals surface area contributed by atoms with Crippen molar-refractivity contribution in [1.29, 1.82) is 5.26 Å². The number of hydrogen-bond acceptors (Lipinski definition) is 10. The van der Waals surface area contributed by atoms with E-state index in [0.29, 0.717) is 25.7 Å². The number of hydrogen-bond donors (Lipinski definition) is 4. The molecule has 4 aromatic rings. The molecular weight excluding hydrogens is 687 g/mol. The largest absolute Gasteiger partial charge is 0.444 e. The van der Waals surface area contributed by atoms with Crippen molar-refractivity contribution >= 4 is 40.7 Å². The molecule has 270 valence electrons. The third kappa shape index (κ3) is 13.4. The number of ether oxygens (including phenoxy) is 1. The molecule has 0 aliphatic rings. The highest BCUT2D eigenvalue weighted by Gasteiger charge is 2.28. The topological polar surface area (TPSA) is 170 Å². The van der Waals surface area contributed by atoms with Crippen LogP contribution < -0.4 is 16.0 Å². The van der Waals surface area contributed by atoms with E-state index in [0.717, 1.165) is 26.7 Å². The highest BCUT2D eigenvalue weighted by Crippen LogP contribution is 2.20. The molecule has 4 atom stereocenters. The molecule has 0 aliphatic carbocycles. The lowest BCUT2D eigenvalue weighted by atomic mass is 9.95. The number of carbonyl (C=O) groups excluding carboxylic acids is 3. The molecular formula is C37H45N7O5S2. The minimum absolute atomic E-state index is 0.112. The van der Waals surface area contributed by atoms with Crippen molar-refractivity contribution in [2.24, 2.45) is 0 Å². The summed E-state index contributed by atoms with van der Waals surface area (Å²) < 4.78 is 5.46. The Morgan fingerprint density at radius 2 is 1.57 bits per heavy atom. The van der Waals surface area contributed by atoms with E-state index < -0.39 is 36.2 Å². The maximum absolute atomic E-state index is 13.8. The summed E-state index contributed by atoms with van der Waals surface area (Å²) in [5.74, 6) is -0.265. The van der Waals surface area contributed by atoms with Gasteiger partial charge in [-0.1, -0.05) is 74.5 Å². The molecule has 1 unspecified atom stereocenters. The van der Waals surface area contributed by atoms with Crippen molar-refractivity contribution in [3.63, 3.8) is 0 Å². The summed E-state index contributed by atoms with van der Waals surface area (Å²) in [4.78, 5) is 50.8. The summed E-state index contributed by atoms with van der Waals surface area (Å²) in [7, 11) is 1.60. The molecule has 2 aromatic carbocycles. The molecule has 14 heteroatoms. The number of aromatic nitrogens is 2. The lowest BCUT2D eigenvalue weighted by Crippen LogP contribution is -2.53. The maximum atomic E-state index is 13.8. The summed E-state index contributed by atoms with van der Waals surface area (Å²) >= 11 is 2.93. The van der Waals surface area contributed by atoms with E-state index in [-0.39, 0.29) is 31.5 Å². The number of nitrogens with one attached hydrogen (secondary N) is 3. The molecule has 0 spiro atoms.